The molecule has 8 rings (SSSR count). The highest BCUT2D eigenvalue weighted by Crippen LogP contribution is 2.32. The molecule has 1 saturated carbocycles. The summed E-state index contributed by atoms with van der Waals surface area (Å²) in [6, 6.07) is 37.6. The molecule has 270 valence electrons. The molecular weight excluding hydrogens is 677 g/mol. The van der Waals surface area contributed by atoms with Crippen molar-refractivity contribution >= 4 is 45.0 Å². The maximum atomic E-state index is 11.2. The summed E-state index contributed by atoms with van der Waals surface area (Å²) in [6.45, 7) is 3.44. The van der Waals surface area contributed by atoms with Crippen molar-refractivity contribution in [3.63, 3.8) is 0 Å². The lowest BCUT2D eigenvalue weighted by atomic mass is 10.0. The number of ether oxygens (including phenoxy) is 2. The topological polar surface area (TPSA) is 128 Å². The van der Waals surface area contributed by atoms with Crippen LogP contribution in [-0.4, -0.2) is 37.9 Å². The number of hydrogen-bond acceptors (Lipinski definition) is 8. The minimum atomic E-state index is -0.0872. The molecule has 1 aliphatic carbocycles. The summed E-state index contributed by atoms with van der Waals surface area (Å²) < 4.78 is 12.1. The Bertz CT molecular complexity index is 2380. The number of aromatic nitrogens is 4. The van der Waals surface area contributed by atoms with E-state index in [1.807, 2.05) is 109 Å². The third kappa shape index (κ3) is 9.02. The second kappa shape index (κ2) is 16.8. The van der Waals surface area contributed by atoms with Crippen molar-refractivity contribution in [3.8, 4) is 34.0 Å². The zero-order valence-electron chi connectivity index (χ0n) is 30.2. The molecule has 0 saturated heterocycles. The molecule has 0 spiro atoms. The maximum absolute atomic E-state index is 11.2. The molecule has 1 fully saturated rings. The number of hydrogen-bond donors (Lipinski definition) is 2. The highest BCUT2D eigenvalue weighted by molar-refractivity contribution is 5.91. The Morgan fingerprint density at radius 2 is 1.07 bits per heavy atom. The van der Waals surface area contributed by atoms with Gasteiger partial charge in [-0.3, -0.25) is 9.59 Å². The van der Waals surface area contributed by atoms with Gasteiger partial charge in [-0.15, -0.1) is 0 Å². The van der Waals surface area contributed by atoms with Gasteiger partial charge in [-0.1, -0.05) is 66.7 Å². The summed E-state index contributed by atoms with van der Waals surface area (Å²) in [5.74, 6) is 1.06. The summed E-state index contributed by atoms with van der Waals surface area (Å²) in [5.41, 5.74) is 8.55. The van der Waals surface area contributed by atoms with Crippen molar-refractivity contribution in [2.24, 2.45) is 0 Å². The zero-order chi connectivity index (χ0) is 37.3. The molecule has 0 bridgehead atoms. The van der Waals surface area contributed by atoms with Gasteiger partial charge in [0.25, 0.3) is 0 Å². The number of carbonyl (C=O) groups excluding carboxylic acids is 2. The molecule has 1 aliphatic rings. The molecule has 0 radical (unpaired) electrons. The van der Waals surface area contributed by atoms with Crippen LogP contribution in [0.3, 0.4) is 0 Å². The highest BCUT2D eigenvalue weighted by Gasteiger charge is 2.19. The van der Waals surface area contributed by atoms with Crippen molar-refractivity contribution in [2.45, 2.75) is 52.2 Å². The summed E-state index contributed by atoms with van der Waals surface area (Å²) in [6.07, 6.45) is 7.97. The van der Waals surface area contributed by atoms with Gasteiger partial charge >= 0.3 is 0 Å². The van der Waals surface area contributed by atoms with Gasteiger partial charge in [-0.25, -0.2) is 19.9 Å². The minimum absolute atomic E-state index is 0.0747. The fourth-order valence-electron chi connectivity index (χ4n) is 6.42. The quantitative estimate of drug-likeness (QED) is 0.151. The molecular formula is C44H40N6O4. The van der Waals surface area contributed by atoms with Crippen molar-refractivity contribution in [1.82, 2.24) is 19.9 Å². The average Bonchev–Trinajstić information content (AvgIpc) is 3.71. The lowest BCUT2D eigenvalue weighted by Crippen LogP contribution is -2.12. The molecule has 7 aromatic rings. The standard InChI is InChI=1S/C23H19N3O2.C21H21N3O2/c1-16(27)26-20-10-7-18(8-11-20)19-9-12-22-21(13-19)23(25-15-24-22)28-14-17-5-3-2-4-6-17;1-14(25)24-17-9-6-15(7-10-17)16-8-11-20-19(12-16)21(23-13-22-20)26-18-4-2-3-5-18/h2-13,15H,14H2,1H3,(H,26,27);6-13,18H,2-5H2,1H3,(H,24,25). The third-order valence-electron chi connectivity index (χ3n) is 9.07. The molecule has 2 amide bonds. The van der Waals surface area contributed by atoms with E-state index in [0.717, 1.165) is 73.8 Å². The number of benzene rings is 5. The van der Waals surface area contributed by atoms with Gasteiger partial charge < -0.3 is 20.1 Å². The van der Waals surface area contributed by atoms with Crippen molar-refractivity contribution in [1.29, 1.82) is 0 Å². The fourth-order valence-corrected chi connectivity index (χ4v) is 6.42. The smallest absolute Gasteiger partial charge is 0.224 e. The summed E-state index contributed by atoms with van der Waals surface area (Å²) in [7, 11) is 0. The average molecular weight is 717 g/mol. The molecule has 10 heteroatoms. The van der Waals surface area contributed by atoms with Gasteiger partial charge in [0.15, 0.2) is 0 Å². The van der Waals surface area contributed by atoms with Crippen LogP contribution in [0.15, 0.2) is 128 Å². The van der Waals surface area contributed by atoms with Crippen LogP contribution in [0, 0.1) is 0 Å². The zero-order valence-corrected chi connectivity index (χ0v) is 30.2. The van der Waals surface area contributed by atoms with Gasteiger partial charge in [0, 0.05) is 25.2 Å². The summed E-state index contributed by atoms with van der Waals surface area (Å²) in [5, 5.41) is 7.36. The first-order chi connectivity index (χ1) is 26.4. The second-order valence-corrected chi connectivity index (χ2v) is 13.1. The molecule has 2 aromatic heterocycles. The SMILES string of the molecule is CC(=O)Nc1ccc(-c2ccc3ncnc(OC4CCCC4)c3c2)cc1.CC(=O)Nc1ccc(-c2ccc3ncnc(OCc4ccccc4)c3c2)cc1. The molecule has 2 heterocycles. The maximum Gasteiger partial charge on any atom is 0.224 e. The number of amides is 2. The van der Waals surface area contributed by atoms with E-state index in [4.69, 9.17) is 9.47 Å². The first-order valence-electron chi connectivity index (χ1n) is 18.0. The lowest BCUT2D eigenvalue weighted by Gasteiger charge is -2.14. The van der Waals surface area contributed by atoms with Gasteiger partial charge in [-0.05, 0) is 102 Å². The van der Waals surface area contributed by atoms with E-state index in [9.17, 15) is 9.59 Å². The Morgan fingerprint density at radius 3 is 1.59 bits per heavy atom. The summed E-state index contributed by atoms with van der Waals surface area (Å²) in [4.78, 5) is 39.7. The van der Waals surface area contributed by atoms with Crippen LogP contribution in [0.5, 0.6) is 11.8 Å². The molecule has 0 unspecified atom stereocenters. The lowest BCUT2D eigenvalue weighted by molar-refractivity contribution is -0.115. The first-order valence-corrected chi connectivity index (χ1v) is 18.0. The van der Waals surface area contributed by atoms with Crippen LogP contribution in [0.1, 0.15) is 45.1 Å². The van der Waals surface area contributed by atoms with Gasteiger partial charge in [0.1, 0.15) is 25.4 Å². The van der Waals surface area contributed by atoms with Crippen LogP contribution in [0.2, 0.25) is 0 Å². The monoisotopic (exact) mass is 716 g/mol. The van der Waals surface area contributed by atoms with E-state index >= 15 is 0 Å². The number of nitrogens with zero attached hydrogens (tertiary/aromatic N) is 4. The minimum Gasteiger partial charge on any atom is -0.474 e. The van der Waals surface area contributed by atoms with Crippen molar-refractivity contribution in [2.75, 3.05) is 10.6 Å². The van der Waals surface area contributed by atoms with Crippen molar-refractivity contribution < 1.29 is 19.1 Å². The highest BCUT2D eigenvalue weighted by atomic mass is 16.5. The Hall–Kier alpha value is -6.68. The third-order valence-corrected chi connectivity index (χ3v) is 9.07. The predicted octanol–water partition coefficient (Wildman–Crippen LogP) is 9.41. The number of fused-ring (bicyclic) bond motifs is 2. The van der Waals surface area contributed by atoms with E-state index in [1.54, 1.807) is 6.33 Å². The molecule has 5 aromatic carbocycles. The Labute approximate surface area is 313 Å². The van der Waals surface area contributed by atoms with Crippen LogP contribution < -0.4 is 20.1 Å². The van der Waals surface area contributed by atoms with E-state index < -0.39 is 0 Å². The van der Waals surface area contributed by atoms with Crippen LogP contribution in [0.25, 0.3) is 44.1 Å². The van der Waals surface area contributed by atoms with E-state index in [2.05, 4.69) is 36.6 Å². The Kier molecular flexibility index (Phi) is 11.1. The predicted molar refractivity (Wildman–Crippen MR) is 212 cm³/mol. The normalized spacial score (nSPS) is 12.5. The molecule has 0 aliphatic heterocycles. The Morgan fingerprint density at radius 1 is 0.593 bits per heavy atom. The number of carbonyl (C=O) groups is 2. The van der Waals surface area contributed by atoms with E-state index in [1.165, 1.54) is 33.0 Å². The van der Waals surface area contributed by atoms with E-state index in [-0.39, 0.29) is 17.9 Å². The number of anilines is 2. The van der Waals surface area contributed by atoms with Crippen molar-refractivity contribution in [3.05, 3.63) is 133 Å². The Balaban J connectivity index is 0.000000167. The number of nitrogens with one attached hydrogen (secondary N) is 2. The number of rotatable bonds is 9. The molecule has 2 N–H and O–H groups in total. The van der Waals surface area contributed by atoms with Gasteiger partial charge in [0.2, 0.25) is 23.6 Å². The second-order valence-electron chi connectivity index (χ2n) is 13.1. The molecule has 10 nitrogen and oxygen atoms in total. The summed E-state index contributed by atoms with van der Waals surface area (Å²) >= 11 is 0. The molecule has 0 atom stereocenters. The first kappa shape index (κ1) is 35.7. The van der Waals surface area contributed by atoms with Gasteiger partial charge in [0.05, 0.1) is 21.8 Å². The van der Waals surface area contributed by atoms with Crippen LogP contribution in [-0.2, 0) is 16.2 Å². The largest absolute Gasteiger partial charge is 0.474 e. The van der Waals surface area contributed by atoms with Crippen LogP contribution >= 0.6 is 0 Å². The fraction of sp³-hybridized carbons (Fsp3) is 0.182. The van der Waals surface area contributed by atoms with Crippen LogP contribution in [0.4, 0.5) is 11.4 Å². The van der Waals surface area contributed by atoms with E-state index in [0.29, 0.717) is 18.4 Å². The molecule has 54 heavy (non-hydrogen) atoms. The van der Waals surface area contributed by atoms with Gasteiger partial charge in [-0.2, -0.15) is 0 Å².